The fourth-order valence-corrected chi connectivity index (χ4v) is 4.41. The van der Waals surface area contributed by atoms with Gasteiger partial charge in [0, 0.05) is 17.9 Å². The van der Waals surface area contributed by atoms with Crippen molar-refractivity contribution in [2.45, 2.75) is 70.1 Å². The maximum Gasteiger partial charge on any atom is 0.132 e. The zero-order valence-corrected chi connectivity index (χ0v) is 14.2. The van der Waals surface area contributed by atoms with Gasteiger partial charge in [0.25, 0.3) is 0 Å². The van der Waals surface area contributed by atoms with Crippen LogP contribution in [-0.4, -0.2) is 5.78 Å². The second-order valence-corrected chi connectivity index (χ2v) is 7.77. The molecule has 0 bridgehead atoms. The molecule has 22 heavy (non-hydrogen) atoms. The first-order chi connectivity index (χ1) is 10.7. The molecule has 1 aromatic rings. The van der Waals surface area contributed by atoms with Gasteiger partial charge < -0.3 is 0 Å². The van der Waals surface area contributed by atoms with Crippen molar-refractivity contribution in [2.75, 3.05) is 0 Å². The van der Waals surface area contributed by atoms with E-state index >= 15 is 0 Å². The number of benzene rings is 1. The van der Waals surface area contributed by atoms with Crippen molar-refractivity contribution in [1.82, 2.24) is 0 Å². The Hall–Kier alpha value is -0.820. The summed E-state index contributed by atoms with van der Waals surface area (Å²) in [5, 5.41) is 0.836. The van der Waals surface area contributed by atoms with E-state index < -0.39 is 0 Å². The van der Waals surface area contributed by atoms with Crippen LogP contribution in [-0.2, 0) is 4.79 Å². The lowest BCUT2D eigenvalue weighted by molar-refractivity contribution is -0.121. The Morgan fingerprint density at radius 1 is 0.818 bits per heavy atom. The molecule has 0 spiro atoms. The van der Waals surface area contributed by atoms with Crippen LogP contribution < -0.4 is 0 Å². The van der Waals surface area contributed by atoms with Gasteiger partial charge in [0.2, 0.25) is 0 Å². The Labute approximate surface area is 139 Å². The smallest absolute Gasteiger partial charge is 0.132 e. The van der Waals surface area contributed by atoms with Crippen LogP contribution in [0.2, 0.25) is 5.02 Å². The summed E-state index contributed by atoms with van der Waals surface area (Å²) in [6, 6.07) is 8.44. The van der Waals surface area contributed by atoms with E-state index in [0.29, 0.717) is 5.78 Å². The molecule has 2 aliphatic rings. The van der Waals surface area contributed by atoms with E-state index in [9.17, 15) is 4.79 Å². The second kappa shape index (κ2) is 7.64. The summed E-state index contributed by atoms with van der Waals surface area (Å²) in [6.07, 6.45) is 12.1. The molecular weight excluding hydrogens is 292 g/mol. The monoisotopic (exact) mass is 318 g/mol. The summed E-state index contributed by atoms with van der Waals surface area (Å²) < 4.78 is 0. The van der Waals surface area contributed by atoms with Gasteiger partial charge in [0.1, 0.15) is 5.78 Å². The van der Waals surface area contributed by atoms with Gasteiger partial charge in [-0.15, -0.1) is 0 Å². The third-order valence-electron chi connectivity index (χ3n) is 5.83. The zero-order chi connectivity index (χ0) is 15.4. The van der Waals surface area contributed by atoms with Crippen LogP contribution in [0.25, 0.3) is 0 Å². The van der Waals surface area contributed by atoms with Gasteiger partial charge in [-0.3, -0.25) is 4.79 Å². The molecule has 2 fully saturated rings. The Kier molecular flexibility index (Phi) is 5.57. The lowest BCUT2D eigenvalue weighted by Crippen LogP contribution is -2.17. The first kappa shape index (κ1) is 16.1. The van der Waals surface area contributed by atoms with E-state index in [1.807, 2.05) is 12.1 Å². The van der Waals surface area contributed by atoms with Crippen LogP contribution >= 0.6 is 11.6 Å². The van der Waals surface area contributed by atoms with Crippen molar-refractivity contribution >= 4 is 17.4 Å². The van der Waals surface area contributed by atoms with Crippen molar-refractivity contribution in [3.05, 3.63) is 34.9 Å². The lowest BCUT2D eigenvalue weighted by atomic mass is 9.75. The maximum absolute atomic E-state index is 11.3. The number of hydrogen-bond donors (Lipinski definition) is 0. The molecule has 0 amide bonds. The van der Waals surface area contributed by atoms with E-state index in [4.69, 9.17) is 11.6 Å². The molecular formula is C20H27ClO. The average molecular weight is 319 g/mol. The maximum atomic E-state index is 11.3. The van der Waals surface area contributed by atoms with Gasteiger partial charge in [-0.1, -0.05) is 36.6 Å². The number of rotatable bonds is 4. The van der Waals surface area contributed by atoms with Crippen molar-refractivity contribution in [3.8, 4) is 0 Å². The van der Waals surface area contributed by atoms with Crippen LogP contribution in [0.5, 0.6) is 0 Å². The van der Waals surface area contributed by atoms with Gasteiger partial charge in [-0.25, -0.2) is 0 Å². The fraction of sp³-hybridized carbons (Fsp3) is 0.650. The van der Waals surface area contributed by atoms with Gasteiger partial charge in [-0.2, -0.15) is 0 Å². The fourth-order valence-electron chi connectivity index (χ4n) is 4.28. The second-order valence-electron chi connectivity index (χ2n) is 7.33. The molecule has 0 aromatic heterocycles. The first-order valence-electron chi connectivity index (χ1n) is 8.98. The topological polar surface area (TPSA) is 17.1 Å². The Morgan fingerprint density at radius 2 is 1.36 bits per heavy atom. The molecule has 2 aliphatic carbocycles. The van der Waals surface area contributed by atoms with E-state index in [1.54, 1.807) is 0 Å². The van der Waals surface area contributed by atoms with Crippen LogP contribution in [0.3, 0.4) is 0 Å². The summed E-state index contributed by atoms with van der Waals surface area (Å²) in [5.74, 6) is 2.97. The highest BCUT2D eigenvalue weighted by molar-refractivity contribution is 6.30. The molecule has 3 rings (SSSR count). The van der Waals surface area contributed by atoms with Crippen LogP contribution in [0.15, 0.2) is 24.3 Å². The standard InChI is InChI=1S/C20H27ClO/c21-19-11-9-18(10-12-19)17-7-3-15(4-8-17)1-2-16-5-13-20(22)14-6-16/h9-12,15-17H,1-8,13-14H2. The predicted molar refractivity (Wildman–Crippen MR) is 92.4 cm³/mol. The van der Waals surface area contributed by atoms with Crippen molar-refractivity contribution in [2.24, 2.45) is 11.8 Å². The minimum absolute atomic E-state index is 0.486. The molecule has 1 nitrogen and oxygen atoms in total. The number of halogens is 1. The van der Waals surface area contributed by atoms with E-state index in [-0.39, 0.29) is 0 Å². The predicted octanol–water partition coefficient (Wildman–Crippen LogP) is 6.15. The number of carbonyl (C=O) groups is 1. The average Bonchev–Trinajstić information content (AvgIpc) is 2.56. The number of carbonyl (C=O) groups excluding carboxylic acids is 1. The van der Waals surface area contributed by atoms with Gasteiger partial charge in [0.05, 0.1) is 0 Å². The molecule has 0 radical (unpaired) electrons. The Morgan fingerprint density at radius 3 is 1.95 bits per heavy atom. The third kappa shape index (κ3) is 4.35. The van der Waals surface area contributed by atoms with E-state index in [0.717, 1.165) is 48.5 Å². The largest absolute Gasteiger partial charge is 0.300 e. The lowest BCUT2D eigenvalue weighted by Gasteiger charge is -2.30. The van der Waals surface area contributed by atoms with E-state index in [1.165, 1.54) is 44.1 Å². The first-order valence-corrected chi connectivity index (χ1v) is 9.35. The SMILES string of the molecule is O=C1CCC(CCC2CCC(c3ccc(Cl)cc3)CC2)CC1. The Bertz CT molecular complexity index is 475. The minimum Gasteiger partial charge on any atom is -0.300 e. The summed E-state index contributed by atoms with van der Waals surface area (Å²) in [4.78, 5) is 11.3. The molecule has 0 atom stereocenters. The molecule has 2 saturated carbocycles. The number of hydrogen-bond acceptors (Lipinski definition) is 1. The quantitative estimate of drug-likeness (QED) is 0.650. The molecule has 0 aliphatic heterocycles. The summed E-state index contributed by atoms with van der Waals surface area (Å²) in [7, 11) is 0. The van der Waals surface area contributed by atoms with E-state index in [2.05, 4.69) is 12.1 Å². The van der Waals surface area contributed by atoms with Crippen molar-refractivity contribution in [3.63, 3.8) is 0 Å². The highest BCUT2D eigenvalue weighted by atomic mass is 35.5. The summed E-state index contributed by atoms with van der Waals surface area (Å²) >= 11 is 5.98. The van der Waals surface area contributed by atoms with Crippen molar-refractivity contribution < 1.29 is 4.79 Å². The van der Waals surface area contributed by atoms with Crippen molar-refractivity contribution in [1.29, 1.82) is 0 Å². The molecule has 2 heteroatoms. The minimum atomic E-state index is 0.486. The van der Waals surface area contributed by atoms with Gasteiger partial charge in [-0.05, 0) is 74.0 Å². The highest BCUT2D eigenvalue weighted by Crippen LogP contribution is 2.39. The number of Topliss-reactive ketones (excluding diaryl/α,β-unsaturated/α-hetero) is 1. The normalized spacial score (nSPS) is 27.0. The van der Waals surface area contributed by atoms with Crippen LogP contribution in [0, 0.1) is 11.8 Å². The third-order valence-corrected chi connectivity index (χ3v) is 6.09. The molecule has 0 heterocycles. The summed E-state index contributed by atoms with van der Waals surface area (Å²) in [5.41, 5.74) is 1.47. The molecule has 120 valence electrons. The summed E-state index contributed by atoms with van der Waals surface area (Å²) in [6.45, 7) is 0. The zero-order valence-electron chi connectivity index (χ0n) is 13.4. The molecule has 1 aromatic carbocycles. The van der Waals surface area contributed by atoms with Gasteiger partial charge >= 0.3 is 0 Å². The molecule has 0 N–H and O–H groups in total. The Balaban J connectivity index is 1.40. The van der Waals surface area contributed by atoms with Gasteiger partial charge in [0.15, 0.2) is 0 Å². The molecule has 0 unspecified atom stereocenters. The van der Waals surface area contributed by atoms with Crippen LogP contribution in [0.1, 0.15) is 75.7 Å². The highest BCUT2D eigenvalue weighted by Gasteiger charge is 2.24. The number of ketones is 1. The molecule has 0 saturated heterocycles. The van der Waals surface area contributed by atoms with Crippen LogP contribution in [0.4, 0.5) is 0 Å².